The number of imidazole rings is 1. The first-order valence-corrected chi connectivity index (χ1v) is 6.72. The Balaban J connectivity index is 1.93. The second kappa shape index (κ2) is 6.96. The Labute approximate surface area is 119 Å². The largest absolute Gasteiger partial charge is 0.497 e. The Morgan fingerprint density at radius 1 is 1.40 bits per heavy atom. The molecule has 2 N–H and O–H groups in total. The monoisotopic (exact) mass is 275 g/mol. The van der Waals surface area contributed by atoms with Gasteiger partial charge in [-0.3, -0.25) is 0 Å². The number of aromatic nitrogens is 2. The quantitative estimate of drug-likeness (QED) is 0.788. The minimum absolute atomic E-state index is 0.0652. The summed E-state index contributed by atoms with van der Waals surface area (Å²) in [4.78, 5) is 4.01. The van der Waals surface area contributed by atoms with E-state index >= 15 is 0 Å². The first-order chi connectivity index (χ1) is 9.70. The van der Waals surface area contributed by atoms with Gasteiger partial charge in [-0.05, 0) is 19.4 Å². The summed E-state index contributed by atoms with van der Waals surface area (Å²) in [5.41, 5.74) is 6.95. The van der Waals surface area contributed by atoms with Crippen molar-refractivity contribution in [3.05, 3.63) is 42.5 Å². The lowest BCUT2D eigenvalue weighted by Gasteiger charge is -2.15. The Morgan fingerprint density at radius 2 is 2.25 bits per heavy atom. The molecule has 1 unspecified atom stereocenters. The fourth-order valence-corrected chi connectivity index (χ4v) is 1.99. The third kappa shape index (κ3) is 3.74. The van der Waals surface area contributed by atoms with Crippen LogP contribution in [0.5, 0.6) is 11.5 Å². The molecule has 20 heavy (non-hydrogen) atoms. The molecule has 0 saturated heterocycles. The Kier molecular flexibility index (Phi) is 5.01. The summed E-state index contributed by atoms with van der Waals surface area (Å²) in [5, 5.41) is 0. The van der Waals surface area contributed by atoms with E-state index in [9.17, 15) is 0 Å². The molecular formula is C15H21N3O2. The van der Waals surface area contributed by atoms with Crippen LogP contribution in [-0.2, 0) is 6.54 Å². The summed E-state index contributed by atoms with van der Waals surface area (Å²) >= 11 is 0. The number of aryl methyl sites for hydroxylation is 1. The maximum Gasteiger partial charge on any atom is 0.127 e. The van der Waals surface area contributed by atoms with Crippen molar-refractivity contribution in [1.29, 1.82) is 0 Å². The predicted octanol–water partition coefficient (Wildman–Crippen LogP) is 2.38. The van der Waals surface area contributed by atoms with E-state index in [1.165, 1.54) is 0 Å². The van der Waals surface area contributed by atoms with Gasteiger partial charge in [-0.15, -0.1) is 0 Å². The molecule has 0 aliphatic carbocycles. The molecule has 1 aromatic carbocycles. The highest BCUT2D eigenvalue weighted by molar-refractivity contribution is 5.42. The maximum atomic E-state index is 5.95. The van der Waals surface area contributed by atoms with E-state index in [4.69, 9.17) is 15.2 Å². The van der Waals surface area contributed by atoms with E-state index < -0.39 is 0 Å². The minimum atomic E-state index is -0.0652. The van der Waals surface area contributed by atoms with Crippen LogP contribution < -0.4 is 15.2 Å². The van der Waals surface area contributed by atoms with Crippen molar-refractivity contribution in [2.24, 2.45) is 5.73 Å². The zero-order valence-corrected chi connectivity index (χ0v) is 12.0. The summed E-state index contributed by atoms with van der Waals surface area (Å²) in [5.74, 6) is 1.57. The Morgan fingerprint density at radius 3 is 2.90 bits per heavy atom. The second-order valence-corrected chi connectivity index (χ2v) is 4.69. The third-order valence-electron chi connectivity index (χ3n) is 3.09. The molecule has 1 heterocycles. The standard InChI is InChI=1S/C15H21N3O2/c1-12(16)14-5-4-13(19-2)10-15(14)20-9-3-7-18-8-6-17-11-18/h4-6,8,10-12H,3,7,9,16H2,1-2H3. The van der Waals surface area contributed by atoms with Gasteiger partial charge in [-0.25, -0.2) is 4.98 Å². The molecule has 0 amide bonds. The van der Waals surface area contributed by atoms with E-state index in [1.54, 1.807) is 19.6 Å². The second-order valence-electron chi connectivity index (χ2n) is 4.69. The number of hydrogen-bond donors (Lipinski definition) is 1. The molecule has 0 aliphatic rings. The maximum absolute atomic E-state index is 5.95. The predicted molar refractivity (Wildman–Crippen MR) is 77.9 cm³/mol. The molecular weight excluding hydrogens is 254 g/mol. The molecule has 0 saturated carbocycles. The molecule has 1 atom stereocenters. The van der Waals surface area contributed by atoms with Crippen molar-refractivity contribution >= 4 is 0 Å². The summed E-state index contributed by atoms with van der Waals surface area (Å²) < 4.78 is 13.1. The summed E-state index contributed by atoms with van der Waals surface area (Å²) in [6, 6.07) is 5.67. The van der Waals surface area contributed by atoms with Crippen LogP contribution >= 0.6 is 0 Å². The van der Waals surface area contributed by atoms with Crippen molar-refractivity contribution in [3.8, 4) is 11.5 Å². The van der Waals surface area contributed by atoms with E-state index in [1.807, 2.05) is 35.9 Å². The smallest absolute Gasteiger partial charge is 0.127 e. The highest BCUT2D eigenvalue weighted by atomic mass is 16.5. The molecule has 1 aromatic heterocycles. The van der Waals surface area contributed by atoms with Crippen LogP contribution in [0.2, 0.25) is 0 Å². The molecule has 5 heteroatoms. The van der Waals surface area contributed by atoms with Crippen LogP contribution in [0.15, 0.2) is 36.9 Å². The van der Waals surface area contributed by atoms with E-state index in [0.29, 0.717) is 6.61 Å². The number of nitrogens with two attached hydrogens (primary N) is 1. The summed E-state index contributed by atoms with van der Waals surface area (Å²) in [6.07, 6.45) is 6.43. The van der Waals surface area contributed by atoms with Crippen LogP contribution in [0.25, 0.3) is 0 Å². The molecule has 5 nitrogen and oxygen atoms in total. The highest BCUT2D eigenvalue weighted by Gasteiger charge is 2.09. The number of nitrogens with zero attached hydrogens (tertiary/aromatic N) is 2. The molecule has 0 spiro atoms. The van der Waals surface area contributed by atoms with Gasteiger partial charge < -0.3 is 19.8 Å². The Bertz CT molecular complexity index is 524. The number of ether oxygens (including phenoxy) is 2. The molecule has 0 bridgehead atoms. The van der Waals surface area contributed by atoms with Crippen LogP contribution in [0.4, 0.5) is 0 Å². The zero-order valence-electron chi connectivity index (χ0n) is 12.0. The van der Waals surface area contributed by atoms with Gasteiger partial charge >= 0.3 is 0 Å². The van der Waals surface area contributed by atoms with Gasteiger partial charge in [0.25, 0.3) is 0 Å². The van der Waals surface area contributed by atoms with Crippen molar-refractivity contribution in [1.82, 2.24) is 9.55 Å². The van der Waals surface area contributed by atoms with Gasteiger partial charge in [0.2, 0.25) is 0 Å². The fourth-order valence-electron chi connectivity index (χ4n) is 1.99. The van der Waals surface area contributed by atoms with Gasteiger partial charge in [0.05, 0.1) is 20.0 Å². The van der Waals surface area contributed by atoms with E-state index in [-0.39, 0.29) is 6.04 Å². The number of rotatable bonds is 7. The van der Waals surface area contributed by atoms with Gasteiger partial charge in [0.15, 0.2) is 0 Å². The first-order valence-electron chi connectivity index (χ1n) is 6.72. The van der Waals surface area contributed by atoms with Crippen molar-refractivity contribution < 1.29 is 9.47 Å². The lowest BCUT2D eigenvalue weighted by atomic mass is 10.1. The average molecular weight is 275 g/mol. The topological polar surface area (TPSA) is 62.3 Å². The number of methoxy groups -OCH3 is 1. The molecule has 2 rings (SSSR count). The van der Waals surface area contributed by atoms with Crippen LogP contribution in [-0.4, -0.2) is 23.3 Å². The van der Waals surface area contributed by atoms with Crippen molar-refractivity contribution in [2.75, 3.05) is 13.7 Å². The van der Waals surface area contributed by atoms with Crippen molar-refractivity contribution in [3.63, 3.8) is 0 Å². The van der Waals surface area contributed by atoms with Crippen LogP contribution in [0.3, 0.4) is 0 Å². The first kappa shape index (κ1) is 14.4. The van der Waals surface area contributed by atoms with Gasteiger partial charge in [0, 0.05) is 36.6 Å². The van der Waals surface area contributed by atoms with Gasteiger partial charge in [-0.2, -0.15) is 0 Å². The lowest BCUT2D eigenvalue weighted by molar-refractivity contribution is 0.295. The molecule has 0 radical (unpaired) electrons. The van der Waals surface area contributed by atoms with Gasteiger partial charge in [-0.1, -0.05) is 6.07 Å². The van der Waals surface area contributed by atoms with Crippen molar-refractivity contribution in [2.45, 2.75) is 25.9 Å². The minimum Gasteiger partial charge on any atom is -0.497 e. The summed E-state index contributed by atoms with van der Waals surface area (Å²) in [6.45, 7) is 3.46. The molecule has 108 valence electrons. The normalized spacial score (nSPS) is 12.2. The van der Waals surface area contributed by atoms with E-state index in [0.717, 1.165) is 30.0 Å². The molecule has 0 aliphatic heterocycles. The third-order valence-corrected chi connectivity index (χ3v) is 3.09. The van der Waals surface area contributed by atoms with Crippen LogP contribution in [0, 0.1) is 0 Å². The molecule has 0 fully saturated rings. The summed E-state index contributed by atoms with van der Waals surface area (Å²) in [7, 11) is 1.64. The van der Waals surface area contributed by atoms with E-state index in [2.05, 4.69) is 4.98 Å². The lowest BCUT2D eigenvalue weighted by Crippen LogP contribution is -2.10. The SMILES string of the molecule is COc1ccc(C(C)N)c(OCCCn2ccnc2)c1. The highest BCUT2D eigenvalue weighted by Crippen LogP contribution is 2.28. The Hall–Kier alpha value is -2.01. The van der Waals surface area contributed by atoms with Gasteiger partial charge in [0.1, 0.15) is 11.5 Å². The average Bonchev–Trinajstić information content (AvgIpc) is 2.96. The fraction of sp³-hybridized carbons (Fsp3) is 0.400. The number of hydrogen-bond acceptors (Lipinski definition) is 4. The number of benzene rings is 1. The molecule has 2 aromatic rings. The zero-order chi connectivity index (χ0) is 14.4. The van der Waals surface area contributed by atoms with Crippen LogP contribution in [0.1, 0.15) is 24.9 Å².